The van der Waals surface area contributed by atoms with Gasteiger partial charge in [-0.2, -0.15) is 13.2 Å². The highest BCUT2D eigenvalue weighted by Crippen LogP contribution is 2.30. The molecule has 0 radical (unpaired) electrons. The van der Waals surface area contributed by atoms with Gasteiger partial charge in [-0.25, -0.2) is 4.98 Å². The van der Waals surface area contributed by atoms with E-state index in [1.54, 1.807) is 24.8 Å². The van der Waals surface area contributed by atoms with Gasteiger partial charge < -0.3 is 15.8 Å². The number of amides is 1. The molecule has 3 aromatic rings. The van der Waals surface area contributed by atoms with Crippen LogP contribution in [0.1, 0.15) is 23.6 Å². The number of ether oxygens (including phenoxy) is 1. The van der Waals surface area contributed by atoms with Crippen LogP contribution in [0.15, 0.2) is 53.4 Å². The van der Waals surface area contributed by atoms with Gasteiger partial charge in [0.1, 0.15) is 6.61 Å². The molecule has 0 aliphatic heterocycles. The molecule has 2 aromatic carbocycles. The molecule has 164 valence electrons. The van der Waals surface area contributed by atoms with E-state index in [0.717, 1.165) is 22.4 Å². The number of benzene rings is 2. The molecule has 0 aliphatic carbocycles. The van der Waals surface area contributed by atoms with Crippen LogP contribution >= 0.6 is 11.8 Å². The van der Waals surface area contributed by atoms with Crippen molar-refractivity contribution in [3.05, 3.63) is 65.2 Å². The zero-order chi connectivity index (χ0) is 22.6. The summed E-state index contributed by atoms with van der Waals surface area (Å²) in [7, 11) is 0. The first-order chi connectivity index (χ1) is 14.7. The highest BCUT2D eigenvalue weighted by molar-refractivity contribution is 7.98. The molecule has 9 heteroatoms. The van der Waals surface area contributed by atoms with Gasteiger partial charge in [-0.3, -0.25) is 4.79 Å². The van der Waals surface area contributed by atoms with Crippen LogP contribution in [0.25, 0.3) is 10.9 Å². The van der Waals surface area contributed by atoms with Crippen molar-refractivity contribution in [3.8, 4) is 5.88 Å². The summed E-state index contributed by atoms with van der Waals surface area (Å²) in [6, 6.07) is 12.1. The molecular weight excluding hydrogens is 427 g/mol. The number of pyridine rings is 1. The summed E-state index contributed by atoms with van der Waals surface area (Å²) >= 11 is 1.57. The number of hydrogen-bond acceptors (Lipinski definition) is 5. The van der Waals surface area contributed by atoms with E-state index in [1.165, 1.54) is 6.07 Å². The Morgan fingerprint density at radius 2 is 2.00 bits per heavy atom. The minimum Gasteiger partial charge on any atom is -0.473 e. The predicted molar refractivity (Wildman–Crippen MR) is 115 cm³/mol. The van der Waals surface area contributed by atoms with Crippen LogP contribution < -0.4 is 15.8 Å². The molecule has 1 amide bonds. The van der Waals surface area contributed by atoms with Crippen LogP contribution in [0.4, 0.5) is 13.2 Å². The molecule has 5 nitrogen and oxygen atoms in total. The Kier molecular flexibility index (Phi) is 7.07. The fourth-order valence-corrected chi connectivity index (χ4v) is 3.34. The fourth-order valence-electron chi connectivity index (χ4n) is 2.90. The summed E-state index contributed by atoms with van der Waals surface area (Å²) in [4.78, 5) is 16.9. The summed E-state index contributed by atoms with van der Waals surface area (Å²) in [5.74, 6) is -0.211. The third-order valence-electron chi connectivity index (χ3n) is 4.72. The van der Waals surface area contributed by atoms with Crippen LogP contribution in [0.5, 0.6) is 5.88 Å². The highest BCUT2D eigenvalue weighted by Gasteiger charge is 2.30. The average Bonchev–Trinajstić information content (AvgIpc) is 2.74. The molecule has 3 N–H and O–H groups in total. The Hall–Kier alpha value is -2.78. The van der Waals surface area contributed by atoms with E-state index in [2.05, 4.69) is 10.3 Å². The van der Waals surface area contributed by atoms with Crippen molar-refractivity contribution in [1.82, 2.24) is 10.3 Å². The normalized spacial score (nSPS) is 12.7. The Labute approximate surface area is 182 Å². The van der Waals surface area contributed by atoms with Gasteiger partial charge in [0.05, 0.1) is 17.1 Å². The van der Waals surface area contributed by atoms with E-state index in [-0.39, 0.29) is 19.0 Å². The zero-order valence-electron chi connectivity index (χ0n) is 17.0. The van der Waals surface area contributed by atoms with Gasteiger partial charge in [-0.05, 0) is 49.1 Å². The predicted octanol–water partition coefficient (Wildman–Crippen LogP) is 4.52. The molecule has 0 unspecified atom stereocenters. The summed E-state index contributed by atoms with van der Waals surface area (Å²) < 4.78 is 44.8. The number of carbonyl (C=O) groups excluding carboxylic acids is 1. The van der Waals surface area contributed by atoms with Crippen LogP contribution in [0, 0.1) is 0 Å². The Balaban J connectivity index is 1.90. The Morgan fingerprint density at radius 3 is 2.68 bits per heavy atom. The molecule has 1 heterocycles. The van der Waals surface area contributed by atoms with Crippen LogP contribution in [-0.4, -0.2) is 23.2 Å². The zero-order valence-corrected chi connectivity index (χ0v) is 17.8. The second-order valence-corrected chi connectivity index (χ2v) is 7.88. The van der Waals surface area contributed by atoms with Crippen molar-refractivity contribution in [2.24, 2.45) is 5.73 Å². The fraction of sp³-hybridized carbons (Fsp3) is 0.273. The lowest BCUT2D eigenvalue weighted by Crippen LogP contribution is -2.38. The molecular formula is C22H22F3N3O2S. The van der Waals surface area contributed by atoms with Gasteiger partial charge in [0, 0.05) is 22.4 Å². The summed E-state index contributed by atoms with van der Waals surface area (Å²) in [6.07, 6.45) is -2.47. The maximum atomic E-state index is 13.0. The summed E-state index contributed by atoms with van der Waals surface area (Å²) in [5.41, 5.74) is 6.32. The molecule has 0 bridgehead atoms. The van der Waals surface area contributed by atoms with Gasteiger partial charge in [0.15, 0.2) is 0 Å². The first kappa shape index (κ1) is 22.9. The lowest BCUT2D eigenvalue weighted by Gasteiger charge is -2.15. The number of halogens is 3. The lowest BCUT2D eigenvalue weighted by molar-refractivity contribution is -0.137. The topological polar surface area (TPSA) is 77.2 Å². The van der Waals surface area contributed by atoms with E-state index in [1.807, 2.05) is 30.5 Å². The number of nitrogens with zero attached hydrogens (tertiary/aromatic N) is 1. The third-order valence-corrected chi connectivity index (χ3v) is 5.44. The lowest BCUT2D eigenvalue weighted by atomic mass is 10.1. The van der Waals surface area contributed by atoms with Crippen molar-refractivity contribution < 1.29 is 22.7 Å². The molecule has 31 heavy (non-hydrogen) atoms. The summed E-state index contributed by atoms with van der Waals surface area (Å²) in [5, 5.41) is 3.89. The Bertz CT molecular complexity index is 1090. The molecule has 0 spiro atoms. The van der Waals surface area contributed by atoms with Crippen molar-refractivity contribution in [2.45, 2.75) is 37.2 Å². The first-order valence-corrected chi connectivity index (χ1v) is 10.7. The second-order valence-electron chi connectivity index (χ2n) is 7.00. The minimum absolute atomic E-state index is 0.0803. The van der Waals surface area contributed by atoms with Crippen LogP contribution in [-0.2, 0) is 24.1 Å². The number of alkyl halides is 3. The van der Waals surface area contributed by atoms with E-state index in [4.69, 9.17) is 10.5 Å². The van der Waals surface area contributed by atoms with Gasteiger partial charge in [-0.1, -0.05) is 18.2 Å². The smallest absolute Gasteiger partial charge is 0.416 e. The van der Waals surface area contributed by atoms with Crippen molar-refractivity contribution in [2.75, 3.05) is 6.26 Å². The van der Waals surface area contributed by atoms with Gasteiger partial charge in [0.25, 0.3) is 0 Å². The number of nitrogens with two attached hydrogens (primary N) is 1. The molecule has 0 fully saturated rings. The highest BCUT2D eigenvalue weighted by atomic mass is 32.2. The minimum atomic E-state index is -4.43. The molecule has 1 atom stereocenters. The van der Waals surface area contributed by atoms with Gasteiger partial charge in [-0.15, -0.1) is 11.8 Å². The third kappa shape index (κ3) is 5.89. The van der Waals surface area contributed by atoms with Crippen molar-refractivity contribution in [3.63, 3.8) is 0 Å². The van der Waals surface area contributed by atoms with Crippen molar-refractivity contribution in [1.29, 1.82) is 0 Å². The molecule has 1 aromatic heterocycles. The molecule has 0 saturated carbocycles. The van der Waals surface area contributed by atoms with E-state index in [9.17, 15) is 18.0 Å². The monoisotopic (exact) mass is 449 g/mol. The number of carbonyl (C=O) groups is 1. The quantitative estimate of drug-likeness (QED) is 0.495. The maximum Gasteiger partial charge on any atom is 0.416 e. The van der Waals surface area contributed by atoms with Gasteiger partial charge >= 0.3 is 6.18 Å². The van der Waals surface area contributed by atoms with Gasteiger partial charge in [0.2, 0.25) is 11.8 Å². The van der Waals surface area contributed by atoms with E-state index in [0.29, 0.717) is 16.6 Å². The SMILES string of the molecule is CSc1ccc2cc(CN[C@@H](C)C(N)=O)c(OCc3cccc(C(F)(F)F)c3)nc2c1. The van der Waals surface area contributed by atoms with E-state index < -0.39 is 23.7 Å². The Morgan fingerprint density at radius 1 is 1.23 bits per heavy atom. The van der Waals surface area contributed by atoms with Crippen molar-refractivity contribution >= 4 is 28.6 Å². The second kappa shape index (κ2) is 9.57. The van der Waals surface area contributed by atoms with Crippen LogP contribution in [0.2, 0.25) is 0 Å². The summed E-state index contributed by atoms with van der Waals surface area (Å²) in [6.45, 7) is 1.82. The standard InChI is InChI=1S/C22H22F3N3O2S/c1-13(20(26)29)27-11-16-9-15-6-7-18(31-2)10-19(15)28-21(16)30-12-14-4-3-5-17(8-14)22(23,24)25/h3-10,13,27H,11-12H2,1-2H3,(H2,26,29)/t13-/m0/s1. The number of rotatable bonds is 8. The largest absolute Gasteiger partial charge is 0.473 e. The number of fused-ring (bicyclic) bond motifs is 1. The molecule has 3 rings (SSSR count). The maximum absolute atomic E-state index is 13.0. The molecule has 0 saturated heterocycles. The van der Waals surface area contributed by atoms with E-state index >= 15 is 0 Å². The number of thioether (sulfide) groups is 1. The number of hydrogen-bond donors (Lipinski definition) is 2. The number of nitrogens with one attached hydrogen (secondary N) is 1. The molecule has 0 aliphatic rings. The average molecular weight is 449 g/mol. The number of aromatic nitrogens is 1. The number of primary amides is 1. The van der Waals surface area contributed by atoms with Crippen LogP contribution in [0.3, 0.4) is 0 Å². The first-order valence-electron chi connectivity index (χ1n) is 9.46.